The largest absolute Gasteiger partial charge is 0.395 e. The van der Waals surface area contributed by atoms with Gasteiger partial charge in [0, 0.05) is 5.41 Å². The SMILES string of the molecule is Cc1cccc(C(CO)(CO)CCC(C)(C)C)c1. The molecule has 0 bridgehead atoms. The summed E-state index contributed by atoms with van der Waals surface area (Å²) in [6.07, 6.45) is 1.77. The molecule has 0 spiro atoms. The van der Waals surface area contributed by atoms with Gasteiger partial charge in [0.15, 0.2) is 0 Å². The molecule has 2 heteroatoms. The molecule has 1 rings (SSSR count). The smallest absolute Gasteiger partial charge is 0.0550 e. The zero-order valence-electron chi connectivity index (χ0n) is 12.0. The van der Waals surface area contributed by atoms with Crippen molar-refractivity contribution < 1.29 is 10.2 Å². The Hall–Kier alpha value is -0.860. The van der Waals surface area contributed by atoms with Gasteiger partial charge in [-0.3, -0.25) is 0 Å². The highest BCUT2D eigenvalue weighted by Gasteiger charge is 2.32. The van der Waals surface area contributed by atoms with Gasteiger partial charge in [0.2, 0.25) is 0 Å². The number of rotatable bonds is 5. The van der Waals surface area contributed by atoms with E-state index in [1.807, 2.05) is 25.1 Å². The minimum atomic E-state index is -0.515. The summed E-state index contributed by atoms with van der Waals surface area (Å²) in [5, 5.41) is 19.5. The van der Waals surface area contributed by atoms with Crippen LogP contribution < -0.4 is 0 Å². The van der Waals surface area contributed by atoms with E-state index in [2.05, 4.69) is 26.8 Å². The van der Waals surface area contributed by atoms with Gasteiger partial charge in [0.25, 0.3) is 0 Å². The summed E-state index contributed by atoms with van der Waals surface area (Å²) in [6, 6.07) is 8.09. The lowest BCUT2D eigenvalue weighted by Crippen LogP contribution is -2.36. The molecule has 0 saturated carbocycles. The van der Waals surface area contributed by atoms with Crippen LogP contribution in [0.4, 0.5) is 0 Å². The van der Waals surface area contributed by atoms with Crippen molar-refractivity contribution in [3.05, 3.63) is 35.4 Å². The van der Waals surface area contributed by atoms with Crippen LogP contribution >= 0.6 is 0 Å². The Morgan fingerprint density at radius 3 is 2.06 bits per heavy atom. The molecule has 0 aliphatic carbocycles. The van der Waals surface area contributed by atoms with Crippen LogP contribution in [0.5, 0.6) is 0 Å². The fourth-order valence-corrected chi connectivity index (χ4v) is 2.12. The van der Waals surface area contributed by atoms with Crippen LogP contribution in [0.25, 0.3) is 0 Å². The standard InChI is InChI=1S/C16H26O2/c1-13-6-5-7-14(10-13)16(11-17,12-18)9-8-15(2,3)4/h5-7,10,17-18H,8-9,11-12H2,1-4H3. The second kappa shape index (κ2) is 5.85. The van der Waals surface area contributed by atoms with E-state index in [1.54, 1.807) is 0 Å². The van der Waals surface area contributed by atoms with Gasteiger partial charge < -0.3 is 10.2 Å². The second-order valence-electron chi connectivity index (χ2n) is 6.53. The molecule has 0 radical (unpaired) electrons. The van der Waals surface area contributed by atoms with Gasteiger partial charge in [-0.25, -0.2) is 0 Å². The molecule has 0 fully saturated rings. The molecular weight excluding hydrogens is 224 g/mol. The fraction of sp³-hybridized carbons (Fsp3) is 0.625. The predicted molar refractivity (Wildman–Crippen MR) is 75.7 cm³/mol. The Morgan fingerprint density at radius 2 is 1.61 bits per heavy atom. The first kappa shape index (κ1) is 15.2. The summed E-state index contributed by atoms with van der Waals surface area (Å²) < 4.78 is 0. The first-order valence-electron chi connectivity index (χ1n) is 6.62. The second-order valence-corrected chi connectivity index (χ2v) is 6.53. The third-order valence-electron chi connectivity index (χ3n) is 3.59. The van der Waals surface area contributed by atoms with Crippen LogP contribution in [0.3, 0.4) is 0 Å². The minimum absolute atomic E-state index is 0.0109. The molecular formula is C16H26O2. The van der Waals surface area contributed by atoms with Crippen molar-refractivity contribution in [1.82, 2.24) is 0 Å². The van der Waals surface area contributed by atoms with Crippen LogP contribution in [0, 0.1) is 12.3 Å². The molecule has 0 unspecified atom stereocenters. The van der Waals surface area contributed by atoms with Gasteiger partial charge in [-0.05, 0) is 30.7 Å². The van der Waals surface area contributed by atoms with Crippen molar-refractivity contribution in [1.29, 1.82) is 0 Å². The maximum Gasteiger partial charge on any atom is 0.0550 e. The number of aliphatic hydroxyl groups excluding tert-OH is 2. The van der Waals surface area contributed by atoms with Crippen LogP contribution in [-0.4, -0.2) is 23.4 Å². The first-order valence-corrected chi connectivity index (χ1v) is 6.62. The molecule has 0 atom stereocenters. The summed E-state index contributed by atoms with van der Waals surface area (Å²) in [5.74, 6) is 0. The van der Waals surface area contributed by atoms with Gasteiger partial charge in [0.05, 0.1) is 13.2 Å². The Kier molecular flexibility index (Phi) is 4.94. The summed E-state index contributed by atoms with van der Waals surface area (Å²) in [5.41, 5.74) is 1.89. The van der Waals surface area contributed by atoms with E-state index in [9.17, 15) is 10.2 Å². The van der Waals surface area contributed by atoms with E-state index in [1.165, 1.54) is 0 Å². The molecule has 0 saturated heterocycles. The maximum atomic E-state index is 9.76. The topological polar surface area (TPSA) is 40.5 Å². The monoisotopic (exact) mass is 250 g/mol. The summed E-state index contributed by atoms with van der Waals surface area (Å²) in [7, 11) is 0. The fourth-order valence-electron chi connectivity index (χ4n) is 2.12. The van der Waals surface area contributed by atoms with Gasteiger partial charge in [-0.15, -0.1) is 0 Å². The van der Waals surface area contributed by atoms with Crippen LogP contribution in [0.1, 0.15) is 44.7 Å². The van der Waals surface area contributed by atoms with Crippen LogP contribution in [-0.2, 0) is 5.41 Å². The lowest BCUT2D eigenvalue weighted by molar-refractivity contribution is 0.0987. The zero-order valence-corrected chi connectivity index (χ0v) is 12.0. The number of aliphatic hydroxyl groups is 2. The highest BCUT2D eigenvalue weighted by atomic mass is 16.3. The molecule has 0 aromatic heterocycles. The maximum absolute atomic E-state index is 9.76. The van der Waals surface area contributed by atoms with E-state index in [0.29, 0.717) is 0 Å². The summed E-state index contributed by atoms with van der Waals surface area (Å²) in [4.78, 5) is 0. The van der Waals surface area contributed by atoms with Crippen molar-refractivity contribution in [3.63, 3.8) is 0 Å². The predicted octanol–water partition coefficient (Wildman–Crippen LogP) is 3.04. The minimum Gasteiger partial charge on any atom is -0.395 e. The van der Waals surface area contributed by atoms with Crippen molar-refractivity contribution in [2.24, 2.45) is 5.41 Å². The molecule has 0 amide bonds. The highest BCUT2D eigenvalue weighted by molar-refractivity contribution is 5.30. The van der Waals surface area contributed by atoms with E-state index in [-0.39, 0.29) is 18.6 Å². The van der Waals surface area contributed by atoms with Gasteiger partial charge >= 0.3 is 0 Å². The van der Waals surface area contributed by atoms with Crippen molar-refractivity contribution in [2.45, 2.75) is 46.0 Å². The van der Waals surface area contributed by atoms with Crippen molar-refractivity contribution in [3.8, 4) is 0 Å². The Morgan fingerprint density at radius 1 is 1.00 bits per heavy atom. The molecule has 0 aliphatic heterocycles. The van der Waals surface area contributed by atoms with Gasteiger partial charge in [-0.2, -0.15) is 0 Å². The third kappa shape index (κ3) is 3.82. The van der Waals surface area contributed by atoms with E-state index >= 15 is 0 Å². The van der Waals surface area contributed by atoms with Gasteiger partial charge in [-0.1, -0.05) is 50.6 Å². The Labute approximate surface area is 111 Å². The molecule has 2 N–H and O–H groups in total. The molecule has 2 nitrogen and oxygen atoms in total. The Balaban J connectivity index is 2.99. The van der Waals surface area contributed by atoms with Gasteiger partial charge in [0.1, 0.15) is 0 Å². The number of hydrogen-bond donors (Lipinski definition) is 2. The summed E-state index contributed by atoms with van der Waals surface area (Å²) >= 11 is 0. The zero-order chi connectivity index (χ0) is 13.8. The normalized spacial score (nSPS) is 12.8. The van der Waals surface area contributed by atoms with Crippen molar-refractivity contribution in [2.75, 3.05) is 13.2 Å². The number of benzene rings is 1. The molecule has 0 aliphatic rings. The third-order valence-corrected chi connectivity index (χ3v) is 3.59. The van der Waals surface area contributed by atoms with E-state index < -0.39 is 5.41 Å². The summed E-state index contributed by atoms with van der Waals surface area (Å²) in [6.45, 7) is 8.56. The molecule has 1 aromatic carbocycles. The average molecular weight is 250 g/mol. The molecule has 0 heterocycles. The lowest BCUT2D eigenvalue weighted by atomic mass is 9.74. The Bertz CT molecular complexity index is 373. The van der Waals surface area contributed by atoms with Crippen LogP contribution in [0.15, 0.2) is 24.3 Å². The van der Waals surface area contributed by atoms with E-state index in [4.69, 9.17) is 0 Å². The first-order chi connectivity index (χ1) is 8.33. The average Bonchev–Trinajstić information content (AvgIpc) is 2.30. The van der Waals surface area contributed by atoms with Crippen molar-refractivity contribution >= 4 is 0 Å². The molecule has 18 heavy (non-hydrogen) atoms. The molecule has 102 valence electrons. The highest BCUT2D eigenvalue weighted by Crippen LogP contribution is 2.34. The van der Waals surface area contributed by atoms with Crippen LogP contribution in [0.2, 0.25) is 0 Å². The lowest BCUT2D eigenvalue weighted by Gasteiger charge is -2.33. The quantitative estimate of drug-likeness (QED) is 0.843. The van der Waals surface area contributed by atoms with E-state index in [0.717, 1.165) is 24.0 Å². The number of hydrogen-bond acceptors (Lipinski definition) is 2. The molecule has 1 aromatic rings. The number of aryl methyl sites for hydroxylation is 1.